The van der Waals surface area contributed by atoms with Crippen molar-refractivity contribution in [2.45, 2.75) is 32.4 Å². The topological polar surface area (TPSA) is 58.6 Å². The first-order chi connectivity index (χ1) is 10.6. The predicted octanol–water partition coefficient (Wildman–Crippen LogP) is 1.47. The standard InChI is InChI=1S/C16H21FN2O3/c1-2-19(16(21)14-4-3-9-22-14)11-15(20)18-10-12-5-7-13(17)8-6-12/h5-8,14H,2-4,9-11H2,1H3,(H,18,20). The van der Waals surface area contributed by atoms with Crippen LogP contribution in [0.1, 0.15) is 25.3 Å². The number of ether oxygens (including phenoxy) is 1. The Morgan fingerprint density at radius 2 is 2.09 bits per heavy atom. The zero-order valence-electron chi connectivity index (χ0n) is 12.7. The van der Waals surface area contributed by atoms with Crippen LogP contribution in [-0.4, -0.2) is 42.5 Å². The molecular weight excluding hydrogens is 287 g/mol. The maximum atomic E-state index is 12.8. The molecule has 1 saturated heterocycles. The van der Waals surface area contributed by atoms with Crippen molar-refractivity contribution in [1.29, 1.82) is 0 Å². The first-order valence-electron chi connectivity index (χ1n) is 7.51. The molecule has 1 fully saturated rings. The first-order valence-corrected chi connectivity index (χ1v) is 7.51. The van der Waals surface area contributed by atoms with E-state index < -0.39 is 6.10 Å². The summed E-state index contributed by atoms with van der Waals surface area (Å²) in [6.07, 6.45) is 1.18. The summed E-state index contributed by atoms with van der Waals surface area (Å²) < 4.78 is 18.2. The summed E-state index contributed by atoms with van der Waals surface area (Å²) in [4.78, 5) is 25.7. The van der Waals surface area contributed by atoms with E-state index in [9.17, 15) is 14.0 Å². The minimum atomic E-state index is -0.412. The minimum Gasteiger partial charge on any atom is -0.368 e. The number of amides is 2. The van der Waals surface area contributed by atoms with E-state index >= 15 is 0 Å². The molecule has 0 spiro atoms. The second-order valence-corrected chi connectivity index (χ2v) is 5.26. The number of rotatable bonds is 6. The summed E-state index contributed by atoms with van der Waals surface area (Å²) in [6, 6.07) is 5.93. The van der Waals surface area contributed by atoms with Gasteiger partial charge < -0.3 is 15.0 Å². The lowest BCUT2D eigenvalue weighted by Crippen LogP contribution is -2.44. The largest absolute Gasteiger partial charge is 0.368 e. The molecule has 5 nitrogen and oxygen atoms in total. The van der Waals surface area contributed by atoms with E-state index in [1.807, 2.05) is 6.92 Å². The van der Waals surface area contributed by atoms with Crippen LogP contribution in [0, 0.1) is 5.82 Å². The molecule has 120 valence electrons. The van der Waals surface area contributed by atoms with Gasteiger partial charge in [0.15, 0.2) is 0 Å². The lowest BCUT2D eigenvalue weighted by atomic mass is 10.2. The van der Waals surface area contributed by atoms with Crippen LogP contribution in [0.25, 0.3) is 0 Å². The van der Waals surface area contributed by atoms with Crippen LogP contribution in [0.3, 0.4) is 0 Å². The normalized spacial score (nSPS) is 17.3. The molecule has 0 radical (unpaired) electrons. The zero-order valence-corrected chi connectivity index (χ0v) is 12.7. The Hall–Kier alpha value is -1.95. The summed E-state index contributed by atoms with van der Waals surface area (Å²) in [7, 11) is 0. The molecule has 0 saturated carbocycles. The van der Waals surface area contributed by atoms with E-state index in [2.05, 4.69) is 5.32 Å². The summed E-state index contributed by atoms with van der Waals surface area (Å²) in [5.74, 6) is -0.677. The van der Waals surface area contributed by atoms with Gasteiger partial charge in [0.25, 0.3) is 5.91 Å². The van der Waals surface area contributed by atoms with Gasteiger partial charge in [-0.2, -0.15) is 0 Å². The molecule has 1 unspecified atom stereocenters. The molecule has 22 heavy (non-hydrogen) atoms. The van der Waals surface area contributed by atoms with Crippen molar-refractivity contribution >= 4 is 11.8 Å². The highest BCUT2D eigenvalue weighted by Crippen LogP contribution is 2.14. The second kappa shape index (κ2) is 7.89. The van der Waals surface area contributed by atoms with E-state index in [0.29, 0.717) is 26.1 Å². The Morgan fingerprint density at radius 1 is 1.36 bits per heavy atom. The van der Waals surface area contributed by atoms with Gasteiger partial charge in [-0.15, -0.1) is 0 Å². The number of hydrogen-bond donors (Lipinski definition) is 1. The van der Waals surface area contributed by atoms with E-state index in [1.165, 1.54) is 17.0 Å². The van der Waals surface area contributed by atoms with Gasteiger partial charge in [0, 0.05) is 19.7 Å². The molecule has 6 heteroatoms. The number of nitrogens with one attached hydrogen (secondary N) is 1. The molecule has 1 aliphatic heterocycles. The molecule has 2 amide bonds. The third kappa shape index (κ3) is 4.53. The Balaban J connectivity index is 1.81. The van der Waals surface area contributed by atoms with Crippen molar-refractivity contribution in [3.8, 4) is 0 Å². The van der Waals surface area contributed by atoms with Crippen LogP contribution in [0.2, 0.25) is 0 Å². The number of hydrogen-bond acceptors (Lipinski definition) is 3. The zero-order chi connectivity index (χ0) is 15.9. The van der Waals surface area contributed by atoms with Gasteiger partial charge in [-0.1, -0.05) is 12.1 Å². The molecule has 0 aliphatic carbocycles. The molecule has 1 N–H and O–H groups in total. The molecule has 0 aromatic heterocycles. The fourth-order valence-corrected chi connectivity index (χ4v) is 2.35. The Kier molecular flexibility index (Phi) is 5.89. The summed E-state index contributed by atoms with van der Waals surface area (Å²) in [5, 5.41) is 2.73. The monoisotopic (exact) mass is 308 g/mol. The number of nitrogens with zero attached hydrogens (tertiary/aromatic N) is 1. The minimum absolute atomic E-state index is 0.0103. The van der Waals surface area contributed by atoms with Crippen molar-refractivity contribution in [2.24, 2.45) is 0 Å². The van der Waals surface area contributed by atoms with Crippen molar-refractivity contribution in [1.82, 2.24) is 10.2 Å². The molecule has 0 bridgehead atoms. The van der Waals surface area contributed by atoms with Gasteiger partial charge in [-0.3, -0.25) is 9.59 Å². The Morgan fingerprint density at radius 3 is 2.68 bits per heavy atom. The van der Waals surface area contributed by atoms with E-state index in [1.54, 1.807) is 12.1 Å². The average Bonchev–Trinajstić information content (AvgIpc) is 3.06. The molecule has 1 aliphatic rings. The van der Waals surface area contributed by atoms with Crippen molar-refractivity contribution < 1.29 is 18.7 Å². The smallest absolute Gasteiger partial charge is 0.252 e. The third-order valence-corrected chi connectivity index (χ3v) is 3.64. The number of carbonyl (C=O) groups excluding carboxylic acids is 2. The van der Waals surface area contributed by atoms with E-state index in [-0.39, 0.29) is 24.2 Å². The van der Waals surface area contributed by atoms with Gasteiger partial charge in [0.05, 0.1) is 6.54 Å². The molecular formula is C16H21FN2O3. The highest BCUT2D eigenvalue weighted by atomic mass is 19.1. The van der Waals surface area contributed by atoms with E-state index in [4.69, 9.17) is 4.74 Å². The quantitative estimate of drug-likeness (QED) is 0.866. The predicted molar refractivity (Wildman–Crippen MR) is 79.5 cm³/mol. The molecule has 2 rings (SSSR count). The maximum absolute atomic E-state index is 12.8. The summed E-state index contributed by atoms with van der Waals surface area (Å²) in [5.41, 5.74) is 0.809. The Labute approximate surface area is 129 Å². The third-order valence-electron chi connectivity index (χ3n) is 3.64. The van der Waals surface area contributed by atoms with Gasteiger partial charge in [0.1, 0.15) is 11.9 Å². The van der Waals surface area contributed by atoms with Crippen LogP contribution < -0.4 is 5.32 Å². The second-order valence-electron chi connectivity index (χ2n) is 5.26. The first kappa shape index (κ1) is 16.4. The summed E-state index contributed by atoms with van der Waals surface area (Å²) >= 11 is 0. The van der Waals surface area contributed by atoms with Crippen LogP contribution in [0.15, 0.2) is 24.3 Å². The van der Waals surface area contributed by atoms with Gasteiger partial charge in [-0.05, 0) is 37.5 Å². The van der Waals surface area contributed by atoms with Crippen molar-refractivity contribution in [2.75, 3.05) is 19.7 Å². The molecule has 1 aromatic rings. The average molecular weight is 308 g/mol. The highest BCUT2D eigenvalue weighted by Gasteiger charge is 2.28. The number of benzene rings is 1. The van der Waals surface area contributed by atoms with Crippen molar-refractivity contribution in [3.05, 3.63) is 35.6 Å². The van der Waals surface area contributed by atoms with Gasteiger partial charge >= 0.3 is 0 Å². The highest BCUT2D eigenvalue weighted by molar-refractivity contribution is 5.87. The van der Waals surface area contributed by atoms with Crippen molar-refractivity contribution in [3.63, 3.8) is 0 Å². The fraction of sp³-hybridized carbons (Fsp3) is 0.500. The fourth-order valence-electron chi connectivity index (χ4n) is 2.35. The van der Waals surface area contributed by atoms with Gasteiger partial charge in [0.2, 0.25) is 5.91 Å². The number of halogens is 1. The lowest BCUT2D eigenvalue weighted by Gasteiger charge is -2.23. The molecule has 1 heterocycles. The van der Waals surface area contributed by atoms with Crippen LogP contribution in [0.4, 0.5) is 4.39 Å². The lowest BCUT2D eigenvalue weighted by molar-refractivity contribution is -0.143. The number of carbonyl (C=O) groups is 2. The van der Waals surface area contributed by atoms with Crippen LogP contribution >= 0.6 is 0 Å². The van der Waals surface area contributed by atoms with Crippen LogP contribution in [-0.2, 0) is 20.9 Å². The molecule has 1 aromatic carbocycles. The van der Waals surface area contributed by atoms with E-state index in [0.717, 1.165) is 12.0 Å². The number of likely N-dealkylation sites (N-methyl/N-ethyl adjacent to an activating group) is 1. The van der Waals surface area contributed by atoms with Gasteiger partial charge in [-0.25, -0.2) is 4.39 Å². The SMILES string of the molecule is CCN(CC(=O)NCc1ccc(F)cc1)C(=O)C1CCCO1. The van der Waals surface area contributed by atoms with Crippen LogP contribution in [0.5, 0.6) is 0 Å². The molecule has 1 atom stereocenters. The summed E-state index contributed by atoms with van der Waals surface area (Å²) in [6.45, 7) is 3.22. The Bertz CT molecular complexity index is 513. The maximum Gasteiger partial charge on any atom is 0.252 e.